The monoisotopic (exact) mass is 531 g/mol. The number of hydrogen-bond acceptors (Lipinski definition) is 9. The number of amides is 2. The molecule has 2 unspecified atom stereocenters. The predicted molar refractivity (Wildman–Crippen MR) is 135 cm³/mol. The third-order valence-electron chi connectivity index (χ3n) is 5.05. The molecule has 1 aromatic heterocycles. The van der Waals surface area contributed by atoms with Crippen LogP contribution in [0.15, 0.2) is 70.4 Å². The van der Waals surface area contributed by atoms with Gasteiger partial charge in [-0.2, -0.15) is 0 Å². The van der Waals surface area contributed by atoms with Crippen LogP contribution in [0.1, 0.15) is 6.92 Å². The summed E-state index contributed by atoms with van der Waals surface area (Å²) < 4.78 is 12.3. The molecule has 4 rings (SSSR count). The van der Waals surface area contributed by atoms with Crippen molar-refractivity contribution in [1.29, 1.82) is 0 Å². The number of carbonyl (C=O) groups excluding carboxylic acids is 2. The number of para-hydroxylation sites is 2. The Kier molecular flexibility index (Phi) is 7.83. The second-order valence-electron chi connectivity index (χ2n) is 7.29. The Morgan fingerprint density at radius 1 is 1.17 bits per heavy atom. The summed E-state index contributed by atoms with van der Waals surface area (Å²) >= 11 is 1.49. The molecule has 1 saturated heterocycles. The van der Waals surface area contributed by atoms with Crippen molar-refractivity contribution in [3.8, 4) is 5.75 Å². The Labute approximate surface area is 212 Å². The van der Waals surface area contributed by atoms with E-state index in [0.29, 0.717) is 5.75 Å². The van der Waals surface area contributed by atoms with Gasteiger partial charge < -0.3 is 19.9 Å². The first kappa shape index (κ1) is 24.9. The molecule has 0 bridgehead atoms. The molecule has 2 heterocycles. The Hall–Kier alpha value is -3.22. The molecule has 35 heavy (non-hydrogen) atoms. The summed E-state index contributed by atoms with van der Waals surface area (Å²) in [5.74, 6) is -1.74. The van der Waals surface area contributed by atoms with E-state index in [9.17, 15) is 19.5 Å². The minimum atomic E-state index is -1.30. The number of carbonyl (C=O) groups is 3. The number of fused-ring (bicyclic) bond motifs is 1. The van der Waals surface area contributed by atoms with Gasteiger partial charge in [-0.25, -0.2) is 9.78 Å². The van der Waals surface area contributed by atoms with Crippen molar-refractivity contribution in [2.24, 2.45) is 0 Å². The second-order valence-corrected chi connectivity index (χ2v) is 10.9. The number of nitrogens with one attached hydrogen (secondary N) is 1. The molecule has 1 aliphatic rings. The summed E-state index contributed by atoms with van der Waals surface area (Å²) in [5, 5.41) is 11.7. The number of aromatic nitrogens is 1. The van der Waals surface area contributed by atoms with E-state index in [2.05, 4.69) is 10.3 Å². The van der Waals surface area contributed by atoms with Crippen molar-refractivity contribution >= 4 is 60.9 Å². The minimum Gasteiger partial charge on any atom is -0.499 e. The van der Waals surface area contributed by atoms with Crippen LogP contribution in [0.4, 0.5) is 0 Å². The lowest BCUT2D eigenvalue weighted by atomic mass is 10.1. The van der Waals surface area contributed by atoms with Crippen molar-refractivity contribution in [3.05, 3.63) is 66.1 Å². The molecule has 1 fully saturated rings. The van der Waals surface area contributed by atoms with E-state index in [4.69, 9.17) is 9.47 Å². The van der Waals surface area contributed by atoms with Crippen molar-refractivity contribution in [2.75, 3.05) is 13.7 Å². The van der Waals surface area contributed by atoms with E-state index >= 15 is 0 Å². The molecule has 9 nitrogen and oxygen atoms in total. The fourth-order valence-electron chi connectivity index (χ4n) is 3.31. The highest BCUT2D eigenvalue weighted by Crippen LogP contribution is 2.45. The second kappa shape index (κ2) is 11.0. The van der Waals surface area contributed by atoms with Gasteiger partial charge in [-0.15, -0.1) is 11.3 Å². The number of carboxylic acids is 1. The third kappa shape index (κ3) is 5.55. The quantitative estimate of drug-likeness (QED) is 0.175. The molecule has 182 valence electrons. The number of allylic oxidation sites excluding steroid dienone is 1. The average molecular weight is 532 g/mol. The lowest BCUT2D eigenvalue weighted by Crippen LogP contribution is -2.69. The van der Waals surface area contributed by atoms with Crippen LogP contribution in [0, 0.1) is 0 Å². The van der Waals surface area contributed by atoms with Gasteiger partial charge in [0.15, 0.2) is 16.6 Å². The van der Waals surface area contributed by atoms with E-state index in [-0.39, 0.29) is 18.1 Å². The van der Waals surface area contributed by atoms with Crippen LogP contribution in [-0.4, -0.2) is 57.9 Å². The Balaban J connectivity index is 1.50. The van der Waals surface area contributed by atoms with E-state index in [1.165, 1.54) is 47.0 Å². The van der Waals surface area contributed by atoms with Crippen molar-refractivity contribution in [1.82, 2.24) is 15.2 Å². The number of rotatable bonds is 10. The highest BCUT2D eigenvalue weighted by Gasteiger charge is 2.53. The number of aliphatic carboxylic acids is 1. The first-order valence-corrected chi connectivity index (χ1v) is 13.4. The molecule has 0 saturated carbocycles. The first-order valence-electron chi connectivity index (χ1n) is 10.4. The van der Waals surface area contributed by atoms with Crippen LogP contribution in [0.3, 0.4) is 0 Å². The molecule has 2 amide bonds. The molecule has 12 heteroatoms. The van der Waals surface area contributed by atoms with Gasteiger partial charge in [-0.05, 0) is 42.0 Å². The summed E-state index contributed by atoms with van der Waals surface area (Å²) in [5.41, 5.74) is 0.581. The smallest absolute Gasteiger partial charge is 0.356 e. The minimum absolute atomic E-state index is 0.0821. The van der Waals surface area contributed by atoms with Crippen LogP contribution < -0.4 is 10.1 Å². The molecular weight excluding hydrogens is 510 g/mol. The highest BCUT2D eigenvalue weighted by molar-refractivity contribution is 8.77. The molecule has 2 aromatic carbocycles. The lowest BCUT2D eigenvalue weighted by Gasteiger charge is -2.46. The van der Waals surface area contributed by atoms with E-state index < -0.39 is 29.2 Å². The number of methoxy groups -OCH3 is 1. The van der Waals surface area contributed by atoms with Gasteiger partial charge in [0.1, 0.15) is 22.9 Å². The molecule has 1 aliphatic heterocycles. The molecule has 2 N–H and O–H groups in total. The Bertz CT molecular complexity index is 1250. The van der Waals surface area contributed by atoms with Crippen LogP contribution in [-0.2, 0) is 19.1 Å². The Morgan fingerprint density at radius 3 is 2.57 bits per heavy atom. The predicted octanol–water partition coefficient (Wildman–Crippen LogP) is 3.73. The van der Waals surface area contributed by atoms with Gasteiger partial charge in [0.05, 0.1) is 17.3 Å². The highest BCUT2D eigenvalue weighted by atomic mass is 33.1. The number of nitrogens with zero attached hydrogens (tertiary/aromatic N) is 2. The van der Waals surface area contributed by atoms with Crippen molar-refractivity contribution in [3.63, 3.8) is 0 Å². The van der Waals surface area contributed by atoms with E-state index in [0.717, 1.165) is 19.5 Å². The van der Waals surface area contributed by atoms with Crippen molar-refractivity contribution in [2.45, 2.75) is 22.7 Å². The molecule has 0 spiro atoms. The summed E-state index contributed by atoms with van der Waals surface area (Å²) in [6.07, 6.45) is 0. The summed E-state index contributed by atoms with van der Waals surface area (Å²) in [6.45, 7) is 1.19. The maximum atomic E-state index is 13.0. The number of β-lactam (4-membered cyclic amide) rings is 1. The third-order valence-corrected chi connectivity index (χ3v) is 9.06. The summed E-state index contributed by atoms with van der Waals surface area (Å²) in [7, 11) is 3.89. The van der Waals surface area contributed by atoms with Gasteiger partial charge in [-0.3, -0.25) is 14.5 Å². The van der Waals surface area contributed by atoms with E-state index in [1.807, 2.05) is 30.3 Å². The largest absolute Gasteiger partial charge is 0.499 e. The maximum absolute atomic E-state index is 13.0. The van der Waals surface area contributed by atoms with Crippen LogP contribution >= 0.6 is 32.9 Å². The fourth-order valence-corrected chi connectivity index (χ4v) is 7.23. The fraction of sp³-hybridized carbons (Fsp3) is 0.217. The SMILES string of the molecule is COC(C)=C(C(=O)O)N1C(=O)C(NC(=O)COc2ccccc2)C1SSc1nc2ccccc2s1. The number of ether oxygens (including phenoxy) is 2. The first-order chi connectivity index (χ1) is 16.9. The molecule has 0 radical (unpaired) electrons. The lowest BCUT2D eigenvalue weighted by molar-refractivity contribution is -0.151. The summed E-state index contributed by atoms with van der Waals surface area (Å²) in [4.78, 5) is 43.1. The zero-order chi connectivity index (χ0) is 24.9. The van der Waals surface area contributed by atoms with Crippen molar-refractivity contribution < 1.29 is 29.0 Å². The molecule has 0 aliphatic carbocycles. The number of likely N-dealkylation sites (tertiary alicyclic amines) is 1. The molecule has 2 atom stereocenters. The number of benzene rings is 2. The number of thiazole rings is 1. The number of hydrogen-bond donors (Lipinski definition) is 2. The molecular formula is C23H21N3O6S3. The normalized spacial score (nSPS) is 18.0. The van der Waals surface area contributed by atoms with Gasteiger partial charge in [-0.1, -0.05) is 41.1 Å². The zero-order valence-electron chi connectivity index (χ0n) is 18.7. The average Bonchev–Trinajstić information content (AvgIpc) is 3.28. The summed E-state index contributed by atoms with van der Waals surface area (Å²) in [6, 6.07) is 15.6. The van der Waals surface area contributed by atoms with Crippen LogP contribution in [0.2, 0.25) is 0 Å². The topological polar surface area (TPSA) is 118 Å². The Morgan fingerprint density at radius 2 is 1.89 bits per heavy atom. The zero-order valence-corrected chi connectivity index (χ0v) is 21.1. The van der Waals surface area contributed by atoms with Gasteiger partial charge in [0, 0.05) is 0 Å². The maximum Gasteiger partial charge on any atom is 0.356 e. The van der Waals surface area contributed by atoms with E-state index in [1.54, 1.807) is 24.3 Å². The number of carboxylic acid groups (broad SMARTS) is 1. The van der Waals surface area contributed by atoms with Gasteiger partial charge >= 0.3 is 5.97 Å². The van der Waals surface area contributed by atoms with Gasteiger partial charge in [0.2, 0.25) is 0 Å². The van der Waals surface area contributed by atoms with Crippen LogP contribution in [0.5, 0.6) is 5.75 Å². The van der Waals surface area contributed by atoms with Gasteiger partial charge in [0.25, 0.3) is 11.8 Å². The standard InChI is InChI=1S/C23H21N3O6S3/c1-13(31-2)19(22(29)30)26-20(28)18(25-17(27)12-32-14-8-4-3-5-9-14)21(26)34-35-23-24-15-10-6-7-11-16(15)33-23/h3-11,18,21H,12H2,1-2H3,(H,25,27)(H,29,30). The van der Waals surface area contributed by atoms with Crippen LogP contribution in [0.25, 0.3) is 10.2 Å². The molecule has 3 aromatic rings.